The van der Waals surface area contributed by atoms with Crippen LogP contribution in [0, 0.1) is 0 Å². The molecule has 0 unspecified atom stereocenters. The van der Waals surface area contributed by atoms with Gasteiger partial charge in [-0.1, -0.05) is 67.8 Å². The number of fused-ring (bicyclic) bond motifs is 1. The maximum atomic E-state index is 11.0. The average Bonchev–Trinajstić information content (AvgIpc) is 3.30. The molecule has 0 aliphatic heterocycles. The van der Waals surface area contributed by atoms with E-state index in [-0.39, 0.29) is 12.0 Å². The first-order valence-corrected chi connectivity index (χ1v) is 11.8. The summed E-state index contributed by atoms with van der Waals surface area (Å²) in [6.07, 6.45) is 7.99. The van der Waals surface area contributed by atoms with Crippen molar-refractivity contribution < 1.29 is 9.90 Å². The Hall–Kier alpha value is -3.02. The number of carbonyl (C=O) groups is 1. The molecule has 5 rings (SSSR count). The Labute approximate surface area is 201 Å². The molecule has 0 atom stereocenters. The summed E-state index contributed by atoms with van der Waals surface area (Å²) in [4.78, 5) is 15.1. The number of H-pyrrole nitrogens is 1. The minimum absolute atomic E-state index is 0.0359. The van der Waals surface area contributed by atoms with Crippen LogP contribution in [-0.4, -0.2) is 29.1 Å². The van der Waals surface area contributed by atoms with Gasteiger partial charge in [0, 0.05) is 40.2 Å². The topological polar surface area (TPSA) is 65.1 Å². The Morgan fingerprint density at radius 2 is 1.55 bits per heavy atom. The fourth-order valence-electron chi connectivity index (χ4n) is 3.77. The average molecular weight is 461 g/mol. The van der Waals surface area contributed by atoms with Crippen LogP contribution in [0.15, 0.2) is 90.0 Å². The Kier molecular flexibility index (Phi) is 9.60. The Morgan fingerprint density at radius 3 is 2.15 bits per heavy atom. The van der Waals surface area contributed by atoms with Crippen molar-refractivity contribution in [2.45, 2.75) is 43.1 Å². The van der Waals surface area contributed by atoms with Gasteiger partial charge in [-0.05, 0) is 48.7 Å². The van der Waals surface area contributed by atoms with Gasteiger partial charge in [-0.25, -0.2) is 0 Å². The molecule has 1 heterocycles. The zero-order valence-electron chi connectivity index (χ0n) is 19.0. The fourth-order valence-corrected chi connectivity index (χ4v) is 3.92. The normalized spacial score (nSPS) is 13.3. The number of hydrogen-bond acceptors (Lipinski definition) is 3. The summed E-state index contributed by atoms with van der Waals surface area (Å²) < 4.78 is 0. The van der Waals surface area contributed by atoms with Gasteiger partial charge in [-0.2, -0.15) is 0 Å². The first kappa shape index (κ1) is 24.6. The van der Waals surface area contributed by atoms with Crippen LogP contribution in [0.3, 0.4) is 0 Å². The van der Waals surface area contributed by atoms with Crippen molar-refractivity contribution in [2.24, 2.45) is 0 Å². The Balaban J connectivity index is 0.000000150. The third-order valence-electron chi connectivity index (χ3n) is 5.61. The number of rotatable bonds is 2. The van der Waals surface area contributed by atoms with E-state index in [1.54, 1.807) is 31.3 Å². The van der Waals surface area contributed by atoms with Crippen LogP contribution >= 0.6 is 12.6 Å². The number of aromatic amines is 1. The molecule has 0 bridgehead atoms. The molecular formula is C28H32N2O2S. The Bertz CT molecular complexity index is 1120. The predicted octanol–water partition coefficient (Wildman–Crippen LogP) is 6.48. The molecule has 1 aliphatic rings. The molecule has 1 aromatic heterocycles. The van der Waals surface area contributed by atoms with Crippen molar-refractivity contribution in [1.82, 2.24) is 10.3 Å². The van der Waals surface area contributed by atoms with E-state index in [0.29, 0.717) is 5.56 Å². The zero-order valence-corrected chi connectivity index (χ0v) is 19.9. The van der Waals surface area contributed by atoms with Crippen LogP contribution in [0.4, 0.5) is 0 Å². The van der Waals surface area contributed by atoms with Gasteiger partial charge < -0.3 is 15.4 Å². The van der Waals surface area contributed by atoms with Crippen molar-refractivity contribution in [2.75, 3.05) is 7.05 Å². The number of hydrogen-bond donors (Lipinski definition) is 4. The SMILES string of the molecule is CNC(=O)c1ccc(S)cc1.OC1CCCCC1.c1ccc(-c2c[nH]c3ccccc23)cc1. The van der Waals surface area contributed by atoms with Crippen molar-refractivity contribution >= 4 is 29.4 Å². The van der Waals surface area contributed by atoms with Crippen LogP contribution in [0.1, 0.15) is 42.5 Å². The first-order valence-electron chi connectivity index (χ1n) is 11.4. The van der Waals surface area contributed by atoms with Gasteiger partial charge in [-0.15, -0.1) is 12.6 Å². The summed E-state index contributed by atoms with van der Waals surface area (Å²) in [5.41, 5.74) is 4.38. The molecule has 1 saturated carbocycles. The number of aromatic nitrogens is 1. The maximum Gasteiger partial charge on any atom is 0.251 e. The summed E-state index contributed by atoms with van der Waals surface area (Å²) in [5, 5.41) is 12.7. The summed E-state index contributed by atoms with van der Waals surface area (Å²) in [6, 6.07) is 25.9. The van der Waals surface area contributed by atoms with Gasteiger partial charge in [0.15, 0.2) is 0 Å². The van der Waals surface area contributed by atoms with Crippen LogP contribution in [0.5, 0.6) is 0 Å². The van der Waals surface area contributed by atoms with Gasteiger partial charge in [0.1, 0.15) is 0 Å². The zero-order chi connectivity index (χ0) is 23.5. The van der Waals surface area contributed by atoms with E-state index in [9.17, 15) is 4.79 Å². The number of thiol groups is 1. The first-order chi connectivity index (χ1) is 16.1. The highest BCUT2D eigenvalue weighted by Gasteiger charge is 2.07. The molecule has 3 aromatic carbocycles. The van der Waals surface area contributed by atoms with Gasteiger partial charge in [0.2, 0.25) is 0 Å². The lowest BCUT2D eigenvalue weighted by Gasteiger charge is -2.14. The van der Waals surface area contributed by atoms with Gasteiger partial charge in [-0.3, -0.25) is 4.79 Å². The van der Waals surface area contributed by atoms with E-state index in [4.69, 9.17) is 5.11 Å². The van der Waals surface area contributed by atoms with Crippen LogP contribution in [0.2, 0.25) is 0 Å². The second-order valence-corrected chi connectivity index (χ2v) is 8.55. The largest absolute Gasteiger partial charge is 0.393 e. The maximum absolute atomic E-state index is 11.0. The third-order valence-corrected chi connectivity index (χ3v) is 5.90. The summed E-state index contributed by atoms with van der Waals surface area (Å²) in [5.74, 6) is -0.0710. The van der Waals surface area contributed by atoms with Crippen molar-refractivity contribution in [3.63, 3.8) is 0 Å². The van der Waals surface area contributed by atoms with Crippen LogP contribution in [0.25, 0.3) is 22.0 Å². The molecule has 1 fully saturated rings. The number of benzene rings is 3. The smallest absolute Gasteiger partial charge is 0.251 e. The van der Waals surface area contributed by atoms with Crippen molar-refractivity contribution in [3.8, 4) is 11.1 Å². The molecular weight excluding hydrogens is 428 g/mol. The number of amides is 1. The second kappa shape index (κ2) is 12.9. The van der Waals surface area contributed by atoms with Crippen molar-refractivity contribution in [1.29, 1.82) is 0 Å². The molecule has 4 aromatic rings. The summed E-state index contributed by atoms with van der Waals surface area (Å²) >= 11 is 4.10. The lowest BCUT2D eigenvalue weighted by Crippen LogP contribution is -2.17. The highest BCUT2D eigenvalue weighted by Crippen LogP contribution is 2.27. The van der Waals surface area contributed by atoms with Crippen LogP contribution < -0.4 is 5.32 Å². The highest BCUT2D eigenvalue weighted by molar-refractivity contribution is 7.80. The molecule has 1 amide bonds. The molecule has 5 heteroatoms. The molecule has 4 nitrogen and oxygen atoms in total. The lowest BCUT2D eigenvalue weighted by atomic mass is 9.98. The van der Waals surface area contributed by atoms with Gasteiger partial charge >= 0.3 is 0 Å². The Morgan fingerprint density at radius 1 is 0.909 bits per heavy atom. The lowest BCUT2D eigenvalue weighted by molar-refractivity contribution is 0.0963. The number of carbonyl (C=O) groups excluding carboxylic acids is 1. The van der Waals surface area contributed by atoms with Crippen molar-refractivity contribution in [3.05, 3.63) is 90.6 Å². The minimum atomic E-state index is -0.0710. The molecule has 0 radical (unpaired) electrons. The molecule has 1 aliphatic carbocycles. The molecule has 3 N–H and O–H groups in total. The van der Waals surface area contributed by atoms with E-state index >= 15 is 0 Å². The quantitative estimate of drug-likeness (QED) is 0.259. The van der Waals surface area contributed by atoms with E-state index < -0.39 is 0 Å². The standard InChI is InChI=1S/C14H11N.C8H9NOS.C6H12O/c1-2-6-11(7-3-1)13-10-15-14-9-5-4-8-12(13)14;1-9-8(10)6-2-4-7(11)5-3-6;7-6-4-2-1-3-5-6/h1-10,15H;2-5,11H,1H3,(H,9,10);6-7H,1-5H2. The number of nitrogens with one attached hydrogen (secondary N) is 2. The molecule has 0 spiro atoms. The second-order valence-electron chi connectivity index (χ2n) is 8.03. The highest BCUT2D eigenvalue weighted by atomic mass is 32.1. The van der Waals surface area contributed by atoms with E-state index in [1.165, 1.54) is 41.3 Å². The fraction of sp³-hybridized carbons (Fsp3) is 0.250. The summed E-state index contributed by atoms with van der Waals surface area (Å²) in [7, 11) is 1.61. The van der Waals surface area contributed by atoms with Gasteiger partial charge in [0.25, 0.3) is 5.91 Å². The van der Waals surface area contributed by atoms with E-state index in [2.05, 4.69) is 71.6 Å². The molecule has 0 saturated heterocycles. The molecule has 33 heavy (non-hydrogen) atoms. The van der Waals surface area contributed by atoms with E-state index in [0.717, 1.165) is 17.7 Å². The number of aliphatic hydroxyl groups is 1. The van der Waals surface area contributed by atoms with E-state index in [1.807, 2.05) is 12.1 Å². The summed E-state index contributed by atoms with van der Waals surface area (Å²) in [6.45, 7) is 0. The third kappa shape index (κ3) is 7.52. The monoisotopic (exact) mass is 460 g/mol. The predicted molar refractivity (Wildman–Crippen MR) is 140 cm³/mol. The number of aliphatic hydroxyl groups excluding tert-OH is 1. The molecule has 172 valence electrons. The van der Waals surface area contributed by atoms with Crippen LogP contribution in [-0.2, 0) is 0 Å². The minimum Gasteiger partial charge on any atom is -0.393 e. The number of para-hydroxylation sites is 1. The van der Waals surface area contributed by atoms with Gasteiger partial charge in [0.05, 0.1) is 6.10 Å².